The second kappa shape index (κ2) is 9.19. The van der Waals surface area contributed by atoms with Crippen LogP contribution in [0.2, 0.25) is 10.0 Å². The standard InChI is InChI=1S/C29H32Cl2FN3O3/c1-27(38)14-17(15-27)33-25(36)24-22(18-7-6-8-20(31)23(18)32)29(28(35-24)11-4-2-3-5-12-28)19-10-9-16(30)13-21(19)34-26(29)37/h6-10,13,17,22,24,35,38H,2-5,11-12,14-15H2,1H3,(H,33,36)(H,34,37). The van der Waals surface area contributed by atoms with E-state index in [1.807, 2.05) is 6.07 Å². The third-order valence-electron chi connectivity index (χ3n) is 9.27. The van der Waals surface area contributed by atoms with E-state index in [-0.39, 0.29) is 28.4 Å². The van der Waals surface area contributed by atoms with Gasteiger partial charge in [-0.25, -0.2) is 4.39 Å². The predicted octanol–water partition coefficient (Wildman–Crippen LogP) is 5.20. The quantitative estimate of drug-likeness (QED) is 0.416. The monoisotopic (exact) mass is 559 g/mol. The van der Waals surface area contributed by atoms with Gasteiger partial charge in [-0.2, -0.15) is 0 Å². The maximum atomic E-state index is 15.9. The maximum absolute atomic E-state index is 15.9. The summed E-state index contributed by atoms with van der Waals surface area (Å²) in [5.41, 5.74) is -1.28. The zero-order chi connectivity index (χ0) is 26.9. The van der Waals surface area contributed by atoms with Crippen molar-refractivity contribution < 1.29 is 19.1 Å². The average molecular weight is 560 g/mol. The topological polar surface area (TPSA) is 90.5 Å². The molecular formula is C29H32Cl2FN3O3. The van der Waals surface area contributed by atoms with E-state index in [0.717, 1.165) is 31.2 Å². The number of carbonyl (C=O) groups excluding carboxylic acids is 2. The summed E-state index contributed by atoms with van der Waals surface area (Å²) in [6, 6.07) is 9.04. The summed E-state index contributed by atoms with van der Waals surface area (Å²) >= 11 is 12.6. The van der Waals surface area contributed by atoms with Crippen molar-refractivity contribution in [3.8, 4) is 0 Å². The third-order valence-corrected chi connectivity index (χ3v) is 9.80. The fourth-order valence-corrected chi connectivity index (χ4v) is 8.14. The number of aliphatic hydroxyl groups is 1. The Bertz CT molecular complexity index is 1300. The smallest absolute Gasteiger partial charge is 0.238 e. The van der Waals surface area contributed by atoms with E-state index in [0.29, 0.717) is 36.4 Å². The maximum Gasteiger partial charge on any atom is 0.238 e. The SMILES string of the molecule is CC1(O)CC(NC(=O)C2NC3(CCCCCC3)C3(C(=O)Nc4cc(Cl)ccc43)C2c2cccc(Cl)c2F)C1. The van der Waals surface area contributed by atoms with Crippen LogP contribution in [-0.2, 0) is 15.0 Å². The van der Waals surface area contributed by atoms with Gasteiger partial charge in [-0.15, -0.1) is 0 Å². The number of amides is 2. The van der Waals surface area contributed by atoms with E-state index in [1.165, 1.54) is 6.07 Å². The van der Waals surface area contributed by atoms with Gasteiger partial charge in [0, 0.05) is 28.2 Å². The zero-order valence-electron chi connectivity index (χ0n) is 21.3. The van der Waals surface area contributed by atoms with Crippen molar-refractivity contribution >= 4 is 40.7 Å². The number of halogens is 3. The van der Waals surface area contributed by atoms with Crippen LogP contribution in [0.4, 0.5) is 10.1 Å². The molecule has 2 aliphatic heterocycles. The van der Waals surface area contributed by atoms with Crippen molar-refractivity contribution in [2.24, 2.45) is 0 Å². The highest BCUT2D eigenvalue weighted by Crippen LogP contribution is 2.62. The van der Waals surface area contributed by atoms with Crippen LogP contribution in [0.5, 0.6) is 0 Å². The van der Waals surface area contributed by atoms with Gasteiger partial charge in [0.25, 0.3) is 0 Å². The molecule has 38 heavy (non-hydrogen) atoms. The van der Waals surface area contributed by atoms with Crippen LogP contribution >= 0.6 is 23.2 Å². The summed E-state index contributed by atoms with van der Waals surface area (Å²) < 4.78 is 15.9. The first-order chi connectivity index (χ1) is 18.1. The van der Waals surface area contributed by atoms with Gasteiger partial charge in [0.05, 0.1) is 16.7 Å². The molecule has 9 heteroatoms. The van der Waals surface area contributed by atoms with Crippen molar-refractivity contribution in [2.45, 2.75) is 92.8 Å². The van der Waals surface area contributed by atoms with Crippen LogP contribution in [0.1, 0.15) is 75.3 Å². The Hall–Kier alpha value is -2.19. The summed E-state index contributed by atoms with van der Waals surface area (Å²) in [5.74, 6) is -2.03. The van der Waals surface area contributed by atoms with E-state index < -0.39 is 34.3 Å². The van der Waals surface area contributed by atoms with E-state index in [4.69, 9.17) is 23.2 Å². The van der Waals surface area contributed by atoms with Gasteiger partial charge in [-0.1, -0.05) is 67.1 Å². The average Bonchev–Trinajstić information content (AvgIpc) is 3.15. The number of nitrogens with one attached hydrogen (secondary N) is 3. The van der Waals surface area contributed by atoms with Crippen LogP contribution in [0.25, 0.3) is 0 Å². The van der Waals surface area contributed by atoms with Gasteiger partial charge in [-0.3, -0.25) is 14.9 Å². The van der Waals surface area contributed by atoms with Gasteiger partial charge >= 0.3 is 0 Å². The number of hydrogen-bond donors (Lipinski definition) is 4. The molecule has 2 aromatic rings. The molecule has 0 bridgehead atoms. The van der Waals surface area contributed by atoms with Crippen LogP contribution in [-0.4, -0.2) is 40.1 Å². The molecule has 0 radical (unpaired) electrons. The lowest BCUT2D eigenvalue weighted by atomic mass is 9.57. The zero-order valence-corrected chi connectivity index (χ0v) is 22.8. The van der Waals surface area contributed by atoms with Gasteiger partial charge in [-0.05, 0) is 61.9 Å². The highest BCUT2D eigenvalue weighted by molar-refractivity contribution is 6.31. The molecule has 3 atom stereocenters. The van der Waals surface area contributed by atoms with Gasteiger partial charge in [0.1, 0.15) is 11.2 Å². The van der Waals surface area contributed by atoms with Crippen molar-refractivity contribution in [1.29, 1.82) is 0 Å². The second-order valence-corrected chi connectivity index (χ2v) is 12.6. The molecule has 3 unspecified atom stereocenters. The number of benzene rings is 2. The first kappa shape index (κ1) is 26.1. The van der Waals surface area contributed by atoms with Crippen LogP contribution in [0, 0.1) is 5.82 Å². The molecule has 2 aromatic carbocycles. The van der Waals surface area contributed by atoms with Gasteiger partial charge < -0.3 is 15.7 Å². The molecule has 2 spiro atoms. The largest absolute Gasteiger partial charge is 0.390 e. The van der Waals surface area contributed by atoms with Crippen LogP contribution in [0.15, 0.2) is 36.4 Å². The molecule has 3 fully saturated rings. The van der Waals surface area contributed by atoms with Crippen molar-refractivity contribution in [3.63, 3.8) is 0 Å². The van der Waals surface area contributed by atoms with E-state index >= 15 is 4.39 Å². The summed E-state index contributed by atoms with van der Waals surface area (Å²) in [6.07, 6.45) is 6.05. The Labute approximate surface area is 231 Å². The minimum atomic E-state index is -1.25. The third kappa shape index (κ3) is 3.80. The summed E-state index contributed by atoms with van der Waals surface area (Å²) in [7, 11) is 0. The number of anilines is 1. The Balaban J connectivity index is 1.56. The molecule has 4 N–H and O–H groups in total. The van der Waals surface area contributed by atoms with E-state index in [1.54, 1.807) is 31.2 Å². The Kier molecular flexibility index (Phi) is 6.30. The second-order valence-electron chi connectivity index (χ2n) is 11.8. The van der Waals surface area contributed by atoms with E-state index in [2.05, 4.69) is 16.0 Å². The number of carbonyl (C=O) groups is 2. The molecule has 4 aliphatic rings. The molecule has 2 saturated carbocycles. The summed E-state index contributed by atoms with van der Waals surface area (Å²) in [5, 5.41) is 20.4. The first-order valence-electron chi connectivity index (χ1n) is 13.4. The molecule has 2 aliphatic carbocycles. The molecule has 202 valence electrons. The minimum Gasteiger partial charge on any atom is -0.390 e. The van der Waals surface area contributed by atoms with Gasteiger partial charge in [0.2, 0.25) is 11.8 Å². The predicted molar refractivity (Wildman–Crippen MR) is 145 cm³/mol. The van der Waals surface area contributed by atoms with Crippen LogP contribution in [0.3, 0.4) is 0 Å². The molecule has 6 rings (SSSR count). The number of hydrogen-bond acceptors (Lipinski definition) is 4. The lowest BCUT2D eigenvalue weighted by molar-refractivity contribution is -0.127. The Morgan fingerprint density at radius 3 is 2.50 bits per heavy atom. The molecule has 0 aromatic heterocycles. The minimum absolute atomic E-state index is 0.0524. The molecule has 1 saturated heterocycles. The lowest BCUT2D eigenvalue weighted by Gasteiger charge is -2.44. The van der Waals surface area contributed by atoms with Crippen molar-refractivity contribution in [3.05, 3.63) is 63.4 Å². The summed E-state index contributed by atoms with van der Waals surface area (Å²) in [6.45, 7) is 1.74. The van der Waals surface area contributed by atoms with Crippen molar-refractivity contribution in [2.75, 3.05) is 5.32 Å². The Morgan fingerprint density at radius 1 is 1.11 bits per heavy atom. The molecular weight excluding hydrogens is 528 g/mol. The molecule has 2 heterocycles. The first-order valence-corrected chi connectivity index (χ1v) is 14.2. The summed E-state index contributed by atoms with van der Waals surface area (Å²) in [4.78, 5) is 28.4. The normalized spacial score (nSPS) is 33.5. The lowest BCUT2D eigenvalue weighted by Crippen LogP contribution is -2.59. The van der Waals surface area contributed by atoms with Crippen LogP contribution < -0.4 is 16.0 Å². The number of fused-ring (bicyclic) bond motifs is 3. The molecule has 2 amide bonds. The number of rotatable bonds is 3. The van der Waals surface area contributed by atoms with Gasteiger partial charge in [0.15, 0.2) is 0 Å². The fourth-order valence-electron chi connectivity index (χ4n) is 7.79. The Morgan fingerprint density at radius 2 is 1.82 bits per heavy atom. The molecule has 6 nitrogen and oxygen atoms in total. The van der Waals surface area contributed by atoms with E-state index in [9.17, 15) is 14.7 Å². The highest BCUT2D eigenvalue weighted by Gasteiger charge is 2.72. The van der Waals surface area contributed by atoms with Crippen molar-refractivity contribution in [1.82, 2.24) is 10.6 Å². The fraction of sp³-hybridized carbons (Fsp3) is 0.517. The highest BCUT2D eigenvalue weighted by atomic mass is 35.5.